The number of carbonyl (C=O) groups is 1. The van der Waals surface area contributed by atoms with Gasteiger partial charge in [0.05, 0.1) is 20.7 Å². The van der Waals surface area contributed by atoms with Crippen LogP contribution in [0.5, 0.6) is 5.75 Å². The quantitative estimate of drug-likeness (QED) is 0.681. The van der Waals surface area contributed by atoms with Crippen molar-refractivity contribution in [3.63, 3.8) is 0 Å². The zero-order valence-electron chi connectivity index (χ0n) is 16.5. The molecule has 0 aromatic heterocycles. The van der Waals surface area contributed by atoms with Gasteiger partial charge in [-0.2, -0.15) is 0 Å². The van der Waals surface area contributed by atoms with E-state index in [1.54, 1.807) is 31.2 Å². The van der Waals surface area contributed by atoms with E-state index < -0.39 is 9.84 Å². The van der Waals surface area contributed by atoms with E-state index in [-0.39, 0.29) is 29.0 Å². The number of aryl methyl sites for hydroxylation is 1. The van der Waals surface area contributed by atoms with E-state index >= 15 is 0 Å². The van der Waals surface area contributed by atoms with Crippen LogP contribution in [-0.2, 0) is 9.84 Å². The lowest BCUT2D eigenvalue weighted by Gasteiger charge is -2.34. The number of anilines is 1. The zero-order valence-corrected chi connectivity index (χ0v) is 18.9. The molecular weight excluding hydrogens is 456 g/mol. The summed E-state index contributed by atoms with van der Waals surface area (Å²) >= 11 is 3.27. The van der Waals surface area contributed by atoms with Crippen LogP contribution >= 0.6 is 15.9 Å². The Morgan fingerprint density at radius 2 is 1.83 bits per heavy atom. The van der Waals surface area contributed by atoms with Gasteiger partial charge in [-0.1, -0.05) is 6.92 Å². The van der Waals surface area contributed by atoms with E-state index in [4.69, 9.17) is 0 Å². The summed E-state index contributed by atoms with van der Waals surface area (Å²) in [5.41, 5.74) is 2.14. The highest BCUT2D eigenvalue weighted by atomic mass is 79.9. The SMILES string of the molecule is CCS(=O)(=O)c1ccc(N2CCC(NC(=O)c3cc(C)cc(Br)c3O)CC2)cc1. The molecule has 0 radical (unpaired) electrons. The predicted octanol–water partition coefficient (Wildman–Crippen LogP) is 3.66. The van der Waals surface area contributed by atoms with Crippen LogP contribution in [0.15, 0.2) is 45.8 Å². The van der Waals surface area contributed by atoms with Crippen LogP contribution in [0.25, 0.3) is 0 Å². The van der Waals surface area contributed by atoms with Gasteiger partial charge < -0.3 is 15.3 Å². The summed E-state index contributed by atoms with van der Waals surface area (Å²) in [4.78, 5) is 15.1. The molecule has 1 aliphatic heterocycles. The minimum atomic E-state index is -3.19. The third kappa shape index (κ3) is 4.93. The number of amides is 1. The molecule has 0 unspecified atom stereocenters. The number of rotatable bonds is 5. The number of nitrogens with one attached hydrogen (secondary N) is 1. The maximum absolute atomic E-state index is 12.6. The molecule has 0 saturated carbocycles. The Bertz CT molecular complexity index is 998. The van der Waals surface area contributed by atoms with Crippen LogP contribution in [0.2, 0.25) is 0 Å². The van der Waals surface area contributed by atoms with Gasteiger partial charge in [0.15, 0.2) is 9.84 Å². The van der Waals surface area contributed by atoms with E-state index in [0.29, 0.717) is 9.37 Å². The first kappa shape index (κ1) is 21.6. The van der Waals surface area contributed by atoms with Gasteiger partial charge in [-0.05, 0) is 77.7 Å². The van der Waals surface area contributed by atoms with Crippen molar-refractivity contribution >= 4 is 37.4 Å². The first-order valence-corrected chi connectivity index (χ1v) is 12.0. The summed E-state index contributed by atoms with van der Waals surface area (Å²) in [5.74, 6) is -0.239. The molecule has 6 nitrogen and oxygen atoms in total. The number of nitrogens with zero attached hydrogens (tertiary/aromatic N) is 1. The van der Waals surface area contributed by atoms with Gasteiger partial charge in [0.25, 0.3) is 5.91 Å². The Labute approximate surface area is 180 Å². The van der Waals surface area contributed by atoms with Crippen LogP contribution in [-0.4, -0.2) is 44.3 Å². The summed E-state index contributed by atoms with van der Waals surface area (Å²) in [6.45, 7) is 5.02. The summed E-state index contributed by atoms with van der Waals surface area (Å²) in [5, 5.41) is 13.2. The molecule has 3 rings (SSSR count). The second kappa shape index (κ2) is 8.75. The fourth-order valence-electron chi connectivity index (χ4n) is 3.48. The molecule has 29 heavy (non-hydrogen) atoms. The summed E-state index contributed by atoms with van der Waals surface area (Å²) in [7, 11) is -3.19. The van der Waals surface area contributed by atoms with Crippen molar-refractivity contribution in [3.05, 3.63) is 52.0 Å². The largest absolute Gasteiger partial charge is 0.506 e. The molecular formula is C21H25BrN2O4S. The summed E-state index contributed by atoms with van der Waals surface area (Å²) < 4.78 is 24.4. The standard InChI is InChI=1S/C21H25BrN2O4S/c1-3-29(27,28)17-6-4-16(5-7-17)24-10-8-15(9-11-24)23-21(26)18-12-14(2)13-19(22)20(18)25/h4-7,12-13,15,25H,3,8-11H2,1-2H3,(H,23,26). The molecule has 1 heterocycles. The molecule has 8 heteroatoms. The monoisotopic (exact) mass is 480 g/mol. The van der Waals surface area contributed by atoms with Crippen molar-refractivity contribution in [1.82, 2.24) is 5.32 Å². The van der Waals surface area contributed by atoms with Gasteiger partial charge in [-0.15, -0.1) is 0 Å². The second-order valence-corrected chi connectivity index (χ2v) is 10.4. The van der Waals surface area contributed by atoms with Crippen LogP contribution < -0.4 is 10.2 Å². The van der Waals surface area contributed by atoms with Crippen LogP contribution in [0.3, 0.4) is 0 Å². The van der Waals surface area contributed by atoms with Gasteiger partial charge >= 0.3 is 0 Å². The van der Waals surface area contributed by atoms with Gasteiger partial charge in [0, 0.05) is 24.8 Å². The van der Waals surface area contributed by atoms with Crippen molar-refractivity contribution in [2.24, 2.45) is 0 Å². The molecule has 1 fully saturated rings. The molecule has 0 spiro atoms. The summed E-state index contributed by atoms with van der Waals surface area (Å²) in [6, 6.07) is 10.4. The maximum atomic E-state index is 12.6. The highest BCUT2D eigenvalue weighted by Crippen LogP contribution is 2.30. The van der Waals surface area contributed by atoms with Crippen molar-refractivity contribution in [2.75, 3.05) is 23.7 Å². The number of phenolic OH excluding ortho intramolecular Hbond substituents is 1. The number of piperidine rings is 1. The highest BCUT2D eigenvalue weighted by molar-refractivity contribution is 9.10. The molecule has 156 valence electrons. The smallest absolute Gasteiger partial charge is 0.255 e. The minimum absolute atomic E-state index is 0.0252. The highest BCUT2D eigenvalue weighted by Gasteiger charge is 2.23. The van der Waals surface area contributed by atoms with E-state index in [9.17, 15) is 18.3 Å². The number of sulfone groups is 1. The van der Waals surface area contributed by atoms with Crippen LogP contribution in [0.4, 0.5) is 5.69 Å². The number of hydrogen-bond donors (Lipinski definition) is 2. The van der Waals surface area contributed by atoms with Gasteiger partial charge in [-0.25, -0.2) is 8.42 Å². The lowest BCUT2D eigenvalue weighted by molar-refractivity contribution is 0.0928. The van der Waals surface area contributed by atoms with E-state index in [1.807, 2.05) is 19.1 Å². The minimum Gasteiger partial charge on any atom is -0.506 e. The molecule has 0 aliphatic carbocycles. The van der Waals surface area contributed by atoms with Crippen molar-refractivity contribution in [1.29, 1.82) is 0 Å². The fraction of sp³-hybridized carbons (Fsp3) is 0.381. The molecule has 0 bridgehead atoms. The number of halogens is 1. The molecule has 1 amide bonds. The molecule has 2 aromatic carbocycles. The number of carbonyl (C=O) groups excluding carboxylic acids is 1. The van der Waals surface area contributed by atoms with E-state index in [0.717, 1.165) is 37.2 Å². The average Bonchev–Trinajstić information content (AvgIpc) is 2.71. The Morgan fingerprint density at radius 3 is 2.41 bits per heavy atom. The topological polar surface area (TPSA) is 86.7 Å². The zero-order chi connectivity index (χ0) is 21.2. The van der Waals surface area contributed by atoms with Gasteiger partial charge in [0.2, 0.25) is 0 Å². The van der Waals surface area contributed by atoms with Crippen molar-refractivity contribution < 1.29 is 18.3 Å². The Hall–Kier alpha value is -2.06. The second-order valence-electron chi connectivity index (χ2n) is 7.28. The average molecular weight is 481 g/mol. The molecule has 1 saturated heterocycles. The van der Waals surface area contributed by atoms with Crippen LogP contribution in [0, 0.1) is 6.92 Å². The molecule has 2 aromatic rings. The Morgan fingerprint density at radius 1 is 1.21 bits per heavy atom. The van der Waals surface area contributed by atoms with E-state index in [2.05, 4.69) is 26.1 Å². The lowest BCUT2D eigenvalue weighted by Crippen LogP contribution is -2.44. The number of aromatic hydroxyl groups is 1. The first-order chi connectivity index (χ1) is 13.7. The number of benzene rings is 2. The van der Waals surface area contributed by atoms with Gasteiger partial charge in [0.1, 0.15) is 5.75 Å². The lowest BCUT2D eigenvalue weighted by atomic mass is 10.0. The maximum Gasteiger partial charge on any atom is 0.255 e. The molecule has 2 N–H and O–H groups in total. The third-order valence-electron chi connectivity index (χ3n) is 5.22. The molecule has 0 atom stereocenters. The van der Waals surface area contributed by atoms with Gasteiger partial charge in [-0.3, -0.25) is 4.79 Å². The van der Waals surface area contributed by atoms with E-state index in [1.165, 1.54) is 0 Å². The Balaban J connectivity index is 1.60. The van der Waals surface area contributed by atoms with Crippen molar-refractivity contribution in [2.45, 2.75) is 37.6 Å². The predicted molar refractivity (Wildman–Crippen MR) is 117 cm³/mol. The number of hydrogen-bond acceptors (Lipinski definition) is 5. The fourth-order valence-corrected chi connectivity index (χ4v) is 4.94. The Kier molecular flexibility index (Phi) is 6.53. The molecule has 1 aliphatic rings. The normalized spacial score (nSPS) is 15.3. The third-order valence-corrected chi connectivity index (χ3v) is 7.58. The van der Waals surface area contributed by atoms with Crippen LogP contribution in [0.1, 0.15) is 35.7 Å². The summed E-state index contributed by atoms with van der Waals surface area (Å²) in [6.07, 6.45) is 1.54. The first-order valence-electron chi connectivity index (χ1n) is 9.59. The van der Waals surface area contributed by atoms with Crippen molar-refractivity contribution in [3.8, 4) is 5.75 Å². The number of phenols is 1.